The summed E-state index contributed by atoms with van der Waals surface area (Å²) in [6.07, 6.45) is 0. The van der Waals surface area contributed by atoms with E-state index in [9.17, 15) is 9.18 Å². The van der Waals surface area contributed by atoms with E-state index in [-0.39, 0.29) is 18.1 Å². The summed E-state index contributed by atoms with van der Waals surface area (Å²) in [4.78, 5) is 12.2. The van der Waals surface area contributed by atoms with Crippen LogP contribution >= 0.6 is 23.2 Å². The van der Waals surface area contributed by atoms with Crippen LogP contribution in [0.25, 0.3) is 0 Å². The molecule has 0 unspecified atom stereocenters. The summed E-state index contributed by atoms with van der Waals surface area (Å²) in [7, 11) is 0. The minimum Gasteiger partial charge on any atom is -0.364 e. The first-order valence-electron chi connectivity index (χ1n) is 7.60. The molecule has 0 spiro atoms. The van der Waals surface area contributed by atoms with Crippen molar-refractivity contribution in [2.75, 3.05) is 10.6 Å². The summed E-state index contributed by atoms with van der Waals surface area (Å²) in [5.74, 6) is -0.333. The molecule has 0 bridgehead atoms. The smallest absolute Gasteiger partial charge is 0.276 e. The van der Waals surface area contributed by atoms with Gasteiger partial charge in [0.2, 0.25) is 0 Å². The molecule has 2 N–H and O–H groups in total. The van der Waals surface area contributed by atoms with E-state index in [1.54, 1.807) is 36.4 Å². The molecular formula is C18H13Cl2FN4O. The van der Waals surface area contributed by atoms with Gasteiger partial charge in [-0.1, -0.05) is 41.4 Å². The van der Waals surface area contributed by atoms with Crippen molar-refractivity contribution >= 4 is 40.6 Å². The van der Waals surface area contributed by atoms with Crippen LogP contribution in [0.15, 0.2) is 54.6 Å². The van der Waals surface area contributed by atoms with Gasteiger partial charge in [0.05, 0.1) is 10.7 Å². The molecule has 2 aromatic carbocycles. The summed E-state index contributed by atoms with van der Waals surface area (Å²) < 4.78 is 13.6. The van der Waals surface area contributed by atoms with Gasteiger partial charge in [0.15, 0.2) is 5.69 Å². The third kappa shape index (κ3) is 4.47. The molecule has 0 fully saturated rings. The van der Waals surface area contributed by atoms with Crippen molar-refractivity contribution in [3.63, 3.8) is 0 Å². The Bertz CT molecular complexity index is 935. The Morgan fingerprint density at radius 3 is 2.54 bits per heavy atom. The Morgan fingerprint density at radius 2 is 1.85 bits per heavy atom. The van der Waals surface area contributed by atoms with Crippen molar-refractivity contribution in [1.29, 1.82) is 0 Å². The lowest BCUT2D eigenvalue weighted by Gasteiger charge is -2.08. The van der Waals surface area contributed by atoms with E-state index in [0.29, 0.717) is 27.1 Å². The maximum absolute atomic E-state index is 13.6. The van der Waals surface area contributed by atoms with Crippen LogP contribution in [0.4, 0.5) is 15.9 Å². The maximum atomic E-state index is 13.6. The van der Waals surface area contributed by atoms with Crippen molar-refractivity contribution in [3.8, 4) is 0 Å². The van der Waals surface area contributed by atoms with Crippen LogP contribution in [0.2, 0.25) is 10.0 Å². The Morgan fingerprint density at radius 1 is 1.04 bits per heavy atom. The molecule has 8 heteroatoms. The number of hydrogen-bond donors (Lipinski definition) is 2. The molecule has 0 aliphatic carbocycles. The first-order chi connectivity index (χ1) is 12.5. The molecule has 0 aliphatic rings. The molecule has 1 aromatic heterocycles. The fraction of sp³-hybridized carbons (Fsp3) is 0.0556. The quantitative estimate of drug-likeness (QED) is 0.657. The van der Waals surface area contributed by atoms with Gasteiger partial charge in [-0.05, 0) is 36.4 Å². The zero-order valence-corrected chi connectivity index (χ0v) is 14.9. The van der Waals surface area contributed by atoms with Crippen LogP contribution in [0.3, 0.4) is 0 Å². The standard InChI is InChI=1S/C18H13Cl2FN4O/c19-12-5-6-15(13(20)9-12)23-18(26)16-7-8-17(25-24-16)22-10-11-3-1-2-4-14(11)21/h1-9H,10H2,(H,22,25)(H,23,26). The first kappa shape index (κ1) is 18.1. The van der Waals surface area contributed by atoms with Crippen LogP contribution in [0, 0.1) is 5.82 Å². The van der Waals surface area contributed by atoms with Gasteiger partial charge in [-0.25, -0.2) is 4.39 Å². The van der Waals surface area contributed by atoms with Gasteiger partial charge in [0, 0.05) is 17.1 Å². The van der Waals surface area contributed by atoms with Crippen LogP contribution in [-0.4, -0.2) is 16.1 Å². The Balaban J connectivity index is 1.63. The van der Waals surface area contributed by atoms with E-state index < -0.39 is 5.91 Å². The molecule has 0 saturated carbocycles. The number of halogens is 3. The lowest BCUT2D eigenvalue weighted by Crippen LogP contribution is -2.15. The first-order valence-corrected chi connectivity index (χ1v) is 8.36. The van der Waals surface area contributed by atoms with Crippen LogP contribution in [0.1, 0.15) is 16.1 Å². The largest absolute Gasteiger partial charge is 0.364 e. The van der Waals surface area contributed by atoms with Crippen molar-refractivity contribution in [2.45, 2.75) is 6.54 Å². The highest BCUT2D eigenvalue weighted by Crippen LogP contribution is 2.25. The predicted molar refractivity (Wildman–Crippen MR) is 100 cm³/mol. The number of carbonyl (C=O) groups excluding carboxylic acids is 1. The molecule has 132 valence electrons. The molecule has 26 heavy (non-hydrogen) atoms. The van der Waals surface area contributed by atoms with Crippen molar-refractivity contribution in [2.24, 2.45) is 0 Å². The lowest BCUT2D eigenvalue weighted by atomic mass is 10.2. The van der Waals surface area contributed by atoms with E-state index in [2.05, 4.69) is 20.8 Å². The molecule has 3 aromatic rings. The summed E-state index contributed by atoms with van der Waals surface area (Å²) in [5.41, 5.74) is 1.05. The minimum atomic E-state index is -0.456. The van der Waals surface area contributed by atoms with E-state index in [1.165, 1.54) is 18.2 Å². The SMILES string of the molecule is O=C(Nc1ccc(Cl)cc1Cl)c1ccc(NCc2ccccc2F)nn1. The normalized spacial score (nSPS) is 10.4. The van der Waals surface area contributed by atoms with Crippen molar-refractivity contribution in [1.82, 2.24) is 10.2 Å². The van der Waals surface area contributed by atoms with Gasteiger partial charge < -0.3 is 10.6 Å². The van der Waals surface area contributed by atoms with Gasteiger partial charge in [0.25, 0.3) is 5.91 Å². The monoisotopic (exact) mass is 390 g/mol. The van der Waals surface area contributed by atoms with Gasteiger partial charge in [-0.3, -0.25) is 4.79 Å². The van der Waals surface area contributed by atoms with Crippen LogP contribution < -0.4 is 10.6 Å². The number of amides is 1. The van der Waals surface area contributed by atoms with E-state index in [0.717, 1.165) is 0 Å². The molecule has 0 aliphatic heterocycles. The fourth-order valence-corrected chi connectivity index (χ4v) is 2.61. The molecule has 0 atom stereocenters. The fourth-order valence-electron chi connectivity index (χ4n) is 2.15. The summed E-state index contributed by atoms with van der Waals surface area (Å²) in [5, 5.41) is 14.2. The predicted octanol–water partition coefficient (Wildman–Crippen LogP) is 4.79. The van der Waals surface area contributed by atoms with Gasteiger partial charge in [0.1, 0.15) is 11.6 Å². The number of nitrogens with zero attached hydrogens (tertiary/aromatic N) is 2. The number of benzene rings is 2. The highest BCUT2D eigenvalue weighted by atomic mass is 35.5. The van der Waals surface area contributed by atoms with Crippen LogP contribution in [0.5, 0.6) is 0 Å². The Kier molecular flexibility index (Phi) is 5.65. The zero-order valence-electron chi connectivity index (χ0n) is 13.3. The van der Waals surface area contributed by atoms with E-state index in [1.807, 2.05) is 0 Å². The van der Waals surface area contributed by atoms with Gasteiger partial charge in [-0.2, -0.15) is 0 Å². The van der Waals surface area contributed by atoms with E-state index in [4.69, 9.17) is 23.2 Å². The third-order valence-corrected chi connectivity index (χ3v) is 4.04. The molecule has 1 amide bonds. The van der Waals surface area contributed by atoms with Crippen LogP contribution in [-0.2, 0) is 6.54 Å². The number of carbonyl (C=O) groups is 1. The average molecular weight is 391 g/mol. The maximum Gasteiger partial charge on any atom is 0.276 e. The highest BCUT2D eigenvalue weighted by molar-refractivity contribution is 6.36. The number of aromatic nitrogens is 2. The number of rotatable bonds is 5. The summed E-state index contributed by atoms with van der Waals surface area (Å²) in [6.45, 7) is 0.257. The molecule has 0 saturated heterocycles. The molecular weight excluding hydrogens is 378 g/mol. The third-order valence-electron chi connectivity index (χ3n) is 3.49. The molecule has 1 heterocycles. The molecule has 0 radical (unpaired) electrons. The number of nitrogens with one attached hydrogen (secondary N) is 2. The Labute approximate surface area is 159 Å². The highest BCUT2D eigenvalue weighted by Gasteiger charge is 2.11. The molecule has 5 nitrogen and oxygen atoms in total. The summed E-state index contributed by atoms with van der Waals surface area (Å²) in [6, 6.07) is 14.3. The number of anilines is 2. The van der Waals surface area contributed by atoms with Crippen molar-refractivity contribution in [3.05, 3.63) is 81.7 Å². The van der Waals surface area contributed by atoms with Crippen molar-refractivity contribution < 1.29 is 9.18 Å². The van der Waals surface area contributed by atoms with Gasteiger partial charge in [-0.15, -0.1) is 10.2 Å². The lowest BCUT2D eigenvalue weighted by molar-refractivity contribution is 0.102. The minimum absolute atomic E-state index is 0.118. The topological polar surface area (TPSA) is 66.9 Å². The molecule has 3 rings (SSSR count). The summed E-state index contributed by atoms with van der Waals surface area (Å²) >= 11 is 11.8. The second kappa shape index (κ2) is 8.12. The Hall–Kier alpha value is -2.70. The number of hydrogen-bond acceptors (Lipinski definition) is 4. The average Bonchev–Trinajstić information content (AvgIpc) is 2.64. The van der Waals surface area contributed by atoms with E-state index >= 15 is 0 Å². The second-order valence-corrected chi connectivity index (χ2v) is 6.17. The second-order valence-electron chi connectivity index (χ2n) is 5.33. The van der Waals surface area contributed by atoms with Gasteiger partial charge >= 0.3 is 0 Å². The zero-order chi connectivity index (χ0) is 18.5.